The van der Waals surface area contributed by atoms with Crippen LogP contribution in [0.3, 0.4) is 0 Å². The van der Waals surface area contributed by atoms with Crippen molar-refractivity contribution in [1.82, 2.24) is 14.7 Å². The smallest absolute Gasteiger partial charge is 0.410 e. The number of nitrogens with zero attached hydrogens (tertiary/aromatic N) is 4. The van der Waals surface area contributed by atoms with Gasteiger partial charge in [0.15, 0.2) is 5.82 Å². The van der Waals surface area contributed by atoms with Crippen molar-refractivity contribution in [1.29, 1.82) is 0 Å². The number of anilines is 1. The molecule has 0 unspecified atom stereocenters. The number of rotatable bonds is 7. The summed E-state index contributed by atoms with van der Waals surface area (Å²) in [6.07, 6.45) is 4.09. The van der Waals surface area contributed by atoms with Crippen molar-refractivity contribution in [3.8, 4) is 0 Å². The second-order valence-corrected chi connectivity index (χ2v) is 21.6. The molecule has 7 nitrogen and oxygen atoms in total. The molecule has 1 atom stereocenters. The maximum absolute atomic E-state index is 12.5. The SMILES string of the molecule is Cc1cc(N2CC[C@@H](CO[Si](c3ccccc3)(c3ccccc3)C(C)(C)C)CC2(C)C)nn1C1CC2(C1)CN(C(=O)OC(C)(C)C)C2. The van der Waals surface area contributed by atoms with E-state index in [2.05, 4.69) is 118 Å². The summed E-state index contributed by atoms with van der Waals surface area (Å²) in [5.41, 5.74) is 0.953. The van der Waals surface area contributed by atoms with Gasteiger partial charge < -0.3 is 19.0 Å². The van der Waals surface area contributed by atoms with Crippen LogP contribution in [0, 0.1) is 18.3 Å². The molecule has 6 rings (SSSR count). The van der Waals surface area contributed by atoms with Crippen molar-refractivity contribution in [3.05, 3.63) is 72.4 Å². The molecule has 0 bridgehead atoms. The standard InChI is InChI=1S/C39H56N4O3Si/c1-29-22-34(40-43(29)31-24-39(25-31)27-41(28-39)35(44)46-36(2,3)4)42-21-20-30(23-38(42,8)9)26-45-47(37(5,6)7,32-16-12-10-13-17-32)33-18-14-11-15-19-33/h10-19,22,30-31H,20-21,23-28H2,1-9H3/t30-/m1/s1. The molecule has 2 saturated heterocycles. The van der Waals surface area contributed by atoms with Crippen LogP contribution in [0.25, 0.3) is 0 Å². The van der Waals surface area contributed by atoms with E-state index in [0.29, 0.717) is 12.0 Å². The third-order valence-electron chi connectivity index (χ3n) is 10.8. The van der Waals surface area contributed by atoms with E-state index >= 15 is 0 Å². The highest BCUT2D eigenvalue weighted by atomic mass is 28.4. The fraction of sp³-hybridized carbons (Fsp3) is 0.590. The topological polar surface area (TPSA) is 59.8 Å². The maximum atomic E-state index is 12.5. The predicted molar refractivity (Wildman–Crippen MR) is 193 cm³/mol. The van der Waals surface area contributed by atoms with Crippen LogP contribution >= 0.6 is 0 Å². The Morgan fingerprint density at radius 1 is 0.915 bits per heavy atom. The summed E-state index contributed by atoms with van der Waals surface area (Å²) in [5, 5.41) is 7.87. The van der Waals surface area contributed by atoms with Gasteiger partial charge in [-0.1, -0.05) is 81.4 Å². The van der Waals surface area contributed by atoms with E-state index in [1.807, 2.05) is 25.7 Å². The van der Waals surface area contributed by atoms with Crippen LogP contribution in [0.4, 0.5) is 10.6 Å². The summed E-state index contributed by atoms with van der Waals surface area (Å²) in [5.74, 6) is 1.56. The van der Waals surface area contributed by atoms with Crippen LogP contribution in [-0.2, 0) is 9.16 Å². The Balaban J connectivity index is 1.11. The van der Waals surface area contributed by atoms with Crippen LogP contribution in [0.5, 0.6) is 0 Å². The van der Waals surface area contributed by atoms with Crippen molar-refractivity contribution in [3.63, 3.8) is 0 Å². The van der Waals surface area contributed by atoms with Gasteiger partial charge >= 0.3 is 6.09 Å². The minimum absolute atomic E-state index is 0.0239. The quantitative estimate of drug-likeness (QED) is 0.249. The first-order chi connectivity index (χ1) is 22.0. The number of piperidine rings is 1. The van der Waals surface area contributed by atoms with Crippen LogP contribution in [0.2, 0.25) is 5.04 Å². The van der Waals surface area contributed by atoms with Gasteiger partial charge in [0, 0.05) is 49.0 Å². The average molecular weight is 657 g/mol. The first-order valence-corrected chi connectivity index (χ1v) is 19.5. The molecule has 3 fully saturated rings. The lowest BCUT2D eigenvalue weighted by molar-refractivity contribution is -0.0930. The van der Waals surface area contributed by atoms with Gasteiger partial charge in [0.1, 0.15) is 5.60 Å². The van der Waals surface area contributed by atoms with E-state index in [1.165, 1.54) is 16.1 Å². The maximum Gasteiger partial charge on any atom is 0.410 e. The molecule has 8 heteroatoms. The fourth-order valence-corrected chi connectivity index (χ4v) is 13.3. The minimum atomic E-state index is -2.56. The third-order valence-corrected chi connectivity index (χ3v) is 15.8. The second-order valence-electron chi connectivity index (χ2n) is 17.3. The van der Waals surface area contributed by atoms with E-state index in [4.69, 9.17) is 14.3 Å². The Bertz CT molecular complexity index is 1500. The lowest BCUT2D eigenvalue weighted by Gasteiger charge is -2.58. The van der Waals surface area contributed by atoms with E-state index < -0.39 is 13.9 Å². The summed E-state index contributed by atoms with van der Waals surface area (Å²) >= 11 is 0. The Labute approximate surface area is 283 Å². The van der Waals surface area contributed by atoms with Crippen molar-refractivity contribution in [2.24, 2.45) is 11.3 Å². The Hall–Kier alpha value is -3.10. The molecule has 1 spiro atoms. The average Bonchev–Trinajstić information content (AvgIpc) is 3.31. The van der Waals surface area contributed by atoms with Gasteiger partial charge in [-0.25, -0.2) is 4.79 Å². The van der Waals surface area contributed by atoms with Crippen molar-refractivity contribution in [2.75, 3.05) is 31.1 Å². The van der Waals surface area contributed by atoms with Crippen molar-refractivity contribution >= 4 is 30.6 Å². The zero-order chi connectivity index (χ0) is 33.8. The highest BCUT2D eigenvalue weighted by Gasteiger charge is 2.56. The summed E-state index contributed by atoms with van der Waals surface area (Å²) in [7, 11) is -2.56. The lowest BCUT2D eigenvalue weighted by atomic mass is 9.61. The number of carbonyl (C=O) groups is 1. The third kappa shape index (κ3) is 6.52. The van der Waals surface area contributed by atoms with Gasteiger partial charge in [-0.2, -0.15) is 5.10 Å². The number of carbonyl (C=O) groups excluding carboxylic acids is 1. The number of likely N-dealkylation sites (tertiary alicyclic amines) is 1. The monoisotopic (exact) mass is 656 g/mol. The van der Waals surface area contributed by atoms with Crippen LogP contribution in [-0.4, -0.2) is 66.5 Å². The molecular weight excluding hydrogens is 601 g/mol. The molecule has 3 aliphatic rings. The highest BCUT2D eigenvalue weighted by Crippen LogP contribution is 2.54. The molecule has 1 saturated carbocycles. The number of ether oxygens (including phenoxy) is 1. The zero-order valence-electron chi connectivity index (χ0n) is 30.2. The zero-order valence-corrected chi connectivity index (χ0v) is 31.2. The van der Waals surface area contributed by atoms with Gasteiger partial charge in [-0.05, 0) is 88.6 Å². The highest BCUT2D eigenvalue weighted by molar-refractivity contribution is 6.99. The Morgan fingerprint density at radius 3 is 2.00 bits per heavy atom. The molecule has 3 aromatic rings. The molecule has 0 radical (unpaired) electrons. The van der Waals surface area contributed by atoms with Gasteiger partial charge in [0.05, 0.1) is 6.04 Å². The molecule has 2 aliphatic heterocycles. The molecule has 1 aliphatic carbocycles. The largest absolute Gasteiger partial charge is 0.444 e. The molecule has 0 N–H and O–H groups in total. The molecule has 1 aromatic heterocycles. The first kappa shape index (κ1) is 33.8. The van der Waals surface area contributed by atoms with E-state index in [1.54, 1.807) is 0 Å². The number of benzene rings is 2. The van der Waals surface area contributed by atoms with Crippen molar-refractivity contribution < 1.29 is 14.0 Å². The normalized spacial score (nSPS) is 21.3. The van der Waals surface area contributed by atoms with Gasteiger partial charge in [0.25, 0.3) is 8.32 Å². The minimum Gasteiger partial charge on any atom is -0.444 e. The Morgan fingerprint density at radius 2 is 1.49 bits per heavy atom. The molecular formula is C39H56N4O3Si. The van der Waals surface area contributed by atoms with Crippen LogP contribution in [0.15, 0.2) is 66.7 Å². The number of hydrogen-bond acceptors (Lipinski definition) is 5. The summed E-state index contributed by atoms with van der Waals surface area (Å²) in [6, 6.07) is 24.6. The van der Waals surface area contributed by atoms with Crippen molar-refractivity contribution in [2.45, 2.75) is 110 Å². The lowest BCUT2D eigenvalue weighted by Crippen LogP contribution is -2.67. The second kappa shape index (κ2) is 12.1. The van der Waals surface area contributed by atoms with Gasteiger partial charge in [0.2, 0.25) is 0 Å². The number of amides is 1. The number of aryl methyl sites for hydroxylation is 1. The van der Waals surface area contributed by atoms with Crippen LogP contribution in [0.1, 0.15) is 92.8 Å². The number of aromatic nitrogens is 2. The summed E-state index contributed by atoms with van der Waals surface area (Å²) in [6.45, 7) is 23.1. The van der Waals surface area contributed by atoms with Crippen LogP contribution < -0.4 is 15.3 Å². The van der Waals surface area contributed by atoms with Gasteiger partial charge in [-0.15, -0.1) is 0 Å². The fourth-order valence-electron chi connectivity index (χ4n) is 8.67. The Kier molecular flexibility index (Phi) is 8.70. The number of hydrogen-bond donors (Lipinski definition) is 0. The molecule has 2 aromatic carbocycles. The van der Waals surface area contributed by atoms with E-state index in [0.717, 1.165) is 57.7 Å². The predicted octanol–water partition coefficient (Wildman–Crippen LogP) is 7.34. The first-order valence-electron chi connectivity index (χ1n) is 17.6. The van der Waals surface area contributed by atoms with E-state index in [-0.39, 0.29) is 22.1 Å². The van der Waals surface area contributed by atoms with E-state index in [9.17, 15) is 4.79 Å². The molecule has 1 amide bonds. The van der Waals surface area contributed by atoms with Gasteiger partial charge in [-0.3, -0.25) is 4.68 Å². The molecule has 3 heterocycles. The molecule has 47 heavy (non-hydrogen) atoms. The summed E-state index contributed by atoms with van der Waals surface area (Å²) < 4.78 is 15.2. The summed E-state index contributed by atoms with van der Waals surface area (Å²) in [4.78, 5) is 16.9. The molecule has 254 valence electrons.